The van der Waals surface area contributed by atoms with Gasteiger partial charge >= 0.3 is 0 Å². The van der Waals surface area contributed by atoms with Crippen LogP contribution >= 0.6 is 11.8 Å². The van der Waals surface area contributed by atoms with Gasteiger partial charge in [-0.15, -0.1) is 0 Å². The van der Waals surface area contributed by atoms with Crippen molar-refractivity contribution >= 4 is 40.3 Å². The summed E-state index contributed by atoms with van der Waals surface area (Å²) in [5, 5.41) is 3.53. The Labute approximate surface area is 207 Å². The topological polar surface area (TPSA) is 74.1 Å². The summed E-state index contributed by atoms with van der Waals surface area (Å²) in [6.45, 7) is 0.438. The highest BCUT2D eigenvalue weighted by Gasteiger charge is 2.41. The first kappa shape index (κ1) is 23.0. The molecule has 0 bridgehead atoms. The van der Waals surface area contributed by atoms with Gasteiger partial charge in [0.05, 0.1) is 5.69 Å². The average molecular weight is 487 g/mol. The molecule has 0 radical (unpaired) electrons. The Bertz CT molecular complexity index is 1330. The lowest BCUT2D eigenvalue weighted by Gasteiger charge is -2.31. The molecule has 0 fully saturated rings. The predicted molar refractivity (Wildman–Crippen MR) is 136 cm³/mol. The minimum atomic E-state index is -0.611. The van der Waals surface area contributed by atoms with Crippen LogP contribution in [0.15, 0.2) is 88.8 Å². The molecule has 1 N–H and O–H groups in total. The van der Waals surface area contributed by atoms with Crippen LogP contribution in [0.3, 0.4) is 0 Å². The quantitative estimate of drug-likeness (QED) is 0.520. The third-order valence-corrected chi connectivity index (χ3v) is 6.87. The van der Waals surface area contributed by atoms with Crippen molar-refractivity contribution in [1.82, 2.24) is 10.2 Å². The second kappa shape index (κ2) is 10.2. The highest BCUT2D eigenvalue weighted by molar-refractivity contribution is 8.13. The zero-order valence-electron chi connectivity index (χ0n) is 18.9. The van der Waals surface area contributed by atoms with Crippen molar-refractivity contribution in [3.05, 3.63) is 101 Å². The Morgan fingerprint density at radius 2 is 1.74 bits per heavy atom. The number of nitrogens with one attached hydrogen (secondary N) is 1. The summed E-state index contributed by atoms with van der Waals surface area (Å²) in [5.41, 5.74) is 3.35. The number of amides is 2. The molecular weight excluding hydrogens is 463 g/mol. The molecule has 3 aromatic rings. The highest BCUT2D eigenvalue weighted by Crippen LogP contribution is 2.36. The fourth-order valence-corrected chi connectivity index (χ4v) is 5.09. The Morgan fingerprint density at radius 1 is 0.971 bits per heavy atom. The first-order valence-corrected chi connectivity index (χ1v) is 12.3. The van der Waals surface area contributed by atoms with Crippen LogP contribution in [0.5, 0.6) is 0 Å². The predicted octanol–water partition coefficient (Wildman–Crippen LogP) is 4.81. The van der Waals surface area contributed by atoms with E-state index in [0.29, 0.717) is 29.7 Å². The molecule has 0 saturated heterocycles. The van der Waals surface area contributed by atoms with Crippen molar-refractivity contribution in [2.24, 2.45) is 9.98 Å². The molecule has 35 heavy (non-hydrogen) atoms. The zero-order valence-corrected chi connectivity index (χ0v) is 19.7. The SMILES string of the molecule is O=C(CCC1C(=O)N=C2c3ccccc3N=C(SCc3cccc(F)c3)N21)NCc1ccccc1. The summed E-state index contributed by atoms with van der Waals surface area (Å²) in [7, 11) is 0. The molecule has 2 aliphatic heterocycles. The largest absolute Gasteiger partial charge is 0.352 e. The number of nitrogens with zero attached hydrogens (tertiary/aromatic N) is 3. The van der Waals surface area contributed by atoms with Gasteiger partial charge in [-0.25, -0.2) is 9.38 Å². The van der Waals surface area contributed by atoms with Gasteiger partial charge in [-0.2, -0.15) is 4.99 Å². The maximum atomic E-state index is 13.7. The Kier molecular flexibility index (Phi) is 6.72. The standard InChI is InChI=1S/C27H23FN4O2S/c28-20-10-6-9-19(15-20)17-35-27-30-22-12-5-4-11-21(22)25-31-26(34)23(32(25)27)13-14-24(33)29-16-18-7-2-1-3-8-18/h1-12,15,23H,13-14,16-17H2,(H,29,33). The number of fused-ring (bicyclic) bond motifs is 3. The molecule has 5 rings (SSSR count). The molecule has 0 saturated carbocycles. The molecule has 2 aliphatic rings. The molecule has 3 aromatic carbocycles. The number of aliphatic imine (C=N–C) groups is 2. The third-order valence-electron chi connectivity index (χ3n) is 5.84. The Morgan fingerprint density at radius 3 is 2.57 bits per heavy atom. The van der Waals surface area contributed by atoms with Gasteiger partial charge in [0.2, 0.25) is 5.91 Å². The lowest BCUT2D eigenvalue weighted by atomic mass is 10.1. The second-order valence-corrected chi connectivity index (χ2v) is 9.23. The number of rotatable bonds is 7. The lowest BCUT2D eigenvalue weighted by molar-refractivity contribution is -0.122. The summed E-state index contributed by atoms with van der Waals surface area (Å²) in [6.07, 6.45) is 0.500. The zero-order chi connectivity index (χ0) is 24.2. The van der Waals surface area contributed by atoms with Crippen LogP contribution < -0.4 is 5.32 Å². The van der Waals surface area contributed by atoms with Crippen molar-refractivity contribution in [3.63, 3.8) is 0 Å². The van der Waals surface area contributed by atoms with E-state index >= 15 is 0 Å². The number of halogens is 1. The van der Waals surface area contributed by atoms with Crippen LogP contribution in [0, 0.1) is 5.82 Å². The number of amidine groups is 2. The van der Waals surface area contributed by atoms with Gasteiger partial charge in [0.25, 0.3) is 5.91 Å². The maximum Gasteiger partial charge on any atom is 0.270 e. The summed E-state index contributed by atoms with van der Waals surface area (Å²) in [4.78, 5) is 36.4. The van der Waals surface area contributed by atoms with Crippen molar-refractivity contribution in [2.75, 3.05) is 0 Å². The number of hydrogen-bond donors (Lipinski definition) is 1. The van der Waals surface area contributed by atoms with Gasteiger partial charge in [-0.1, -0.05) is 66.4 Å². The summed E-state index contributed by atoms with van der Waals surface area (Å²) in [5.74, 6) is 0.333. The molecular formula is C27H23FN4O2S. The van der Waals surface area contributed by atoms with Gasteiger partial charge in [0, 0.05) is 24.3 Å². The van der Waals surface area contributed by atoms with E-state index in [4.69, 9.17) is 4.99 Å². The first-order valence-electron chi connectivity index (χ1n) is 11.4. The number of benzene rings is 3. The van der Waals surface area contributed by atoms with Crippen LogP contribution in [-0.4, -0.2) is 33.8 Å². The molecule has 2 heterocycles. The van der Waals surface area contributed by atoms with Crippen LogP contribution in [0.4, 0.5) is 10.1 Å². The van der Waals surface area contributed by atoms with E-state index in [9.17, 15) is 14.0 Å². The highest BCUT2D eigenvalue weighted by atomic mass is 32.2. The smallest absolute Gasteiger partial charge is 0.270 e. The van der Waals surface area contributed by atoms with Gasteiger partial charge < -0.3 is 5.32 Å². The fraction of sp³-hybridized carbons (Fsp3) is 0.185. The molecule has 0 spiro atoms. The Balaban J connectivity index is 1.31. The van der Waals surface area contributed by atoms with E-state index in [1.54, 1.807) is 6.07 Å². The number of carbonyl (C=O) groups is 2. The van der Waals surface area contributed by atoms with E-state index in [0.717, 1.165) is 22.4 Å². The van der Waals surface area contributed by atoms with Crippen LogP contribution in [0.2, 0.25) is 0 Å². The lowest BCUT2D eigenvalue weighted by Crippen LogP contribution is -2.44. The van der Waals surface area contributed by atoms with Crippen molar-refractivity contribution in [1.29, 1.82) is 0 Å². The molecule has 8 heteroatoms. The minimum Gasteiger partial charge on any atom is -0.352 e. The van der Waals surface area contributed by atoms with Gasteiger partial charge in [0.1, 0.15) is 17.7 Å². The number of para-hydroxylation sites is 1. The van der Waals surface area contributed by atoms with Gasteiger partial charge in [0.15, 0.2) is 5.17 Å². The second-order valence-electron chi connectivity index (χ2n) is 8.29. The van der Waals surface area contributed by atoms with E-state index < -0.39 is 6.04 Å². The van der Waals surface area contributed by atoms with E-state index in [1.165, 1.54) is 23.9 Å². The minimum absolute atomic E-state index is 0.126. The fourth-order valence-electron chi connectivity index (χ4n) is 4.10. The van der Waals surface area contributed by atoms with E-state index in [1.807, 2.05) is 65.6 Å². The van der Waals surface area contributed by atoms with E-state index in [-0.39, 0.29) is 24.1 Å². The maximum absolute atomic E-state index is 13.7. The van der Waals surface area contributed by atoms with Crippen LogP contribution in [0.1, 0.15) is 29.5 Å². The average Bonchev–Trinajstić information content (AvgIpc) is 3.21. The third kappa shape index (κ3) is 5.17. The first-order chi connectivity index (χ1) is 17.1. The molecule has 0 aliphatic carbocycles. The molecule has 1 atom stereocenters. The van der Waals surface area contributed by atoms with Crippen molar-refractivity contribution < 1.29 is 14.0 Å². The summed E-state index contributed by atoms with van der Waals surface area (Å²) in [6, 6.07) is 23.0. The van der Waals surface area contributed by atoms with Gasteiger partial charge in [-0.05, 0) is 41.8 Å². The normalized spacial score (nSPS) is 16.3. The van der Waals surface area contributed by atoms with Crippen LogP contribution in [-0.2, 0) is 21.9 Å². The van der Waals surface area contributed by atoms with Crippen LogP contribution in [0.25, 0.3) is 0 Å². The summed E-state index contributed by atoms with van der Waals surface area (Å²) >= 11 is 1.42. The Hall–Kier alpha value is -3.78. The van der Waals surface area contributed by atoms with Crippen molar-refractivity contribution in [3.8, 4) is 0 Å². The van der Waals surface area contributed by atoms with Gasteiger partial charge in [-0.3, -0.25) is 14.5 Å². The monoisotopic (exact) mass is 486 g/mol. The molecule has 2 amide bonds. The van der Waals surface area contributed by atoms with E-state index in [2.05, 4.69) is 10.3 Å². The molecule has 176 valence electrons. The van der Waals surface area contributed by atoms with Crippen molar-refractivity contribution in [2.45, 2.75) is 31.2 Å². The summed E-state index contributed by atoms with van der Waals surface area (Å²) < 4.78 is 13.7. The number of hydrogen-bond acceptors (Lipinski definition) is 5. The number of carbonyl (C=O) groups excluding carboxylic acids is 2. The molecule has 1 unspecified atom stereocenters. The molecule has 6 nitrogen and oxygen atoms in total. The molecule has 0 aromatic heterocycles. The number of thioether (sulfide) groups is 1.